The molecule has 3 N–H and O–H groups in total. The third kappa shape index (κ3) is 5.26. The smallest absolute Gasteiger partial charge is 0.426 e. The van der Waals surface area contributed by atoms with E-state index >= 15 is 0 Å². The van der Waals surface area contributed by atoms with E-state index in [1.165, 1.54) is 0 Å². The van der Waals surface area contributed by atoms with Crippen LogP contribution in [0.15, 0.2) is 97.1 Å². The van der Waals surface area contributed by atoms with Crippen LogP contribution >= 0.6 is 0 Å². The maximum Gasteiger partial charge on any atom is 0.426 e. The number of rotatable bonds is 8. The summed E-state index contributed by atoms with van der Waals surface area (Å²) in [6.45, 7) is -0.0463. The Balaban J connectivity index is 1.36. The van der Waals surface area contributed by atoms with Gasteiger partial charge in [-0.25, -0.2) is 10.2 Å². The van der Waals surface area contributed by atoms with Crippen molar-refractivity contribution in [1.82, 2.24) is 10.4 Å². The number of amides is 3. The summed E-state index contributed by atoms with van der Waals surface area (Å²) in [5.41, 5.74) is 6.07. The molecule has 4 aromatic carbocycles. The quantitative estimate of drug-likeness (QED) is 0.265. The number of carbonyl (C=O) groups is 3. The first-order chi connectivity index (χ1) is 18.5. The zero-order chi connectivity index (χ0) is 26.5. The second-order valence-corrected chi connectivity index (χ2v) is 8.41. The summed E-state index contributed by atoms with van der Waals surface area (Å²) in [4.78, 5) is 38.7. The van der Waals surface area contributed by atoms with E-state index in [1.807, 2.05) is 60.7 Å². The van der Waals surface area contributed by atoms with Crippen molar-refractivity contribution in [3.05, 3.63) is 114 Å². The number of methoxy groups -OCH3 is 1. The molecule has 1 aliphatic heterocycles. The number of hydrazine groups is 1. The number of para-hydroxylation sites is 2. The number of anilines is 4. The van der Waals surface area contributed by atoms with Gasteiger partial charge >= 0.3 is 6.09 Å². The molecular formula is C29H24N4O5. The van der Waals surface area contributed by atoms with Crippen molar-refractivity contribution in [3.63, 3.8) is 0 Å². The van der Waals surface area contributed by atoms with Crippen LogP contribution in [-0.4, -0.2) is 30.0 Å². The van der Waals surface area contributed by atoms with Crippen LogP contribution in [0, 0.1) is 0 Å². The Hall–Kier alpha value is -5.31. The molecule has 0 radical (unpaired) electrons. The third-order valence-electron chi connectivity index (χ3n) is 5.86. The zero-order valence-electron chi connectivity index (χ0n) is 20.4. The molecule has 0 unspecified atom stereocenters. The molecule has 9 nitrogen and oxygen atoms in total. The van der Waals surface area contributed by atoms with Crippen molar-refractivity contribution in [2.45, 2.75) is 6.61 Å². The predicted molar refractivity (Wildman–Crippen MR) is 143 cm³/mol. The van der Waals surface area contributed by atoms with Crippen LogP contribution in [0.2, 0.25) is 0 Å². The second kappa shape index (κ2) is 10.8. The molecule has 1 heterocycles. The number of nitrogens with one attached hydrogen (secondary N) is 3. The van der Waals surface area contributed by atoms with Crippen LogP contribution in [0.25, 0.3) is 0 Å². The monoisotopic (exact) mass is 508 g/mol. The van der Waals surface area contributed by atoms with Gasteiger partial charge in [-0.2, -0.15) is 5.01 Å². The molecule has 9 heteroatoms. The minimum absolute atomic E-state index is 0.0463. The summed E-state index contributed by atoms with van der Waals surface area (Å²) < 4.78 is 10.3. The standard InChI is InChI=1S/C29H24N4O5/c1-37-22-14-12-19(13-15-22)18-38-29(36)32-33-27(34)23-16-25(30-20-8-4-2-5-9-20)26(17-24(23)28(33)35)31-21-10-6-3-7-11-21/h2-17,30-31H,18H2,1H3,(H,32,36). The Morgan fingerprint density at radius 2 is 1.24 bits per heavy atom. The second-order valence-electron chi connectivity index (χ2n) is 8.41. The van der Waals surface area contributed by atoms with Crippen molar-refractivity contribution in [3.8, 4) is 5.75 Å². The highest BCUT2D eigenvalue weighted by Gasteiger charge is 2.38. The average Bonchev–Trinajstić information content (AvgIpc) is 3.17. The third-order valence-corrected chi connectivity index (χ3v) is 5.86. The SMILES string of the molecule is COc1ccc(COC(=O)NN2C(=O)c3cc(Nc4ccccc4)c(Nc4ccccc4)cc3C2=O)cc1. The molecule has 0 aromatic heterocycles. The van der Waals surface area contributed by atoms with Crippen molar-refractivity contribution >= 4 is 40.7 Å². The first-order valence-corrected chi connectivity index (χ1v) is 11.8. The maximum absolute atomic E-state index is 13.1. The number of fused-ring (bicyclic) bond motifs is 1. The summed E-state index contributed by atoms with van der Waals surface area (Å²) in [5.74, 6) is -0.644. The maximum atomic E-state index is 13.1. The highest BCUT2D eigenvalue weighted by molar-refractivity contribution is 6.22. The van der Waals surface area contributed by atoms with E-state index in [0.29, 0.717) is 22.1 Å². The molecule has 5 rings (SSSR count). The van der Waals surface area contributed by atoms with E-state index in [9.17, 15) is 14.4 Å². The first-order valence-electron chi connectivity index (χ1n) is 11.8. The van der Waals surface area contributed by atoms with Crippen LogP contribution < -0.4 is 20.8 Å². The van der Waals surface area contributed by atoms with Gasteiger partial charge in [0.1, 0.15) is 12.4 Å². The fraction of sp³-hybridized carbons (Fsp3) is 0.0690. The van der Waals surface area contributed by atoms with Gasteiger partial charge in [0.05, 0.1) is 29.6 Å². The van der Waals surface area contributed by atoms with Gasteiger partial charge in [-0.3, -0.25) is 9.59 Å². The Labute approximate surface area is 219 Å². The Bertz CT molecular complexity index is 1390. The van der Waals surface area contributed by atoms with Gasteiger partial charge in [-0.1, -0.05) is 48.5 Å². The normalized spacial score (nSPS) is 12.1. The molecule has 0 fully saturated rings. The Morgan fingerprint density at radius 3 is 1.71 bits per heavy atom. The van der Waals surface area contributed by atoms with E-state index in [4.69, 9.17) is 9.47 Å². The lowest BCUT2D eigenvalue weighted by Gasteiger charge is -2.15. The summed E-state index contributed by atoms with van der Waals surface area (Å²) in [6.07, 6.45) is -0.930. The van der Waals surface area contributed by atoms with Crippen molar-refractivity contribution in [2.24, 2.45) is 0 Å². The minimum atomic E-state index is -0.930. The van der Waals surface area contributed by atoms with Gasteiger partial charge in [0.25, 0.3) is 11.8 Å². The van der Waals surface area contributed by atoms with Gasteiger partial charge in [0.2, 0.25) is 0 Å². The van der Waals surface area contributed by atoms with Crippen molar-refractivity contribution < 1.29 is 23.9 Å². The molecule has 0 spiro atoms. The molecule has 0 saturated heterocycles. The number of hydrogen-bond donors (Lipinski definition) is 3. The molecule has 0 saturated carbocycles. The number of imide groups is 1. The van der Waals surface area contributed by atoms with Crippen LogP contribution in [0.4, 0.5) is 27.5 Å². The number of hydrogen-bond acceptors (Lipinski definition) is 7. The molecule has 1 aliphatic rings. The Morgan fingerprint density at radius 1 is 0.737 bits per heavy atom. The Kier molecular flexibility index (Phi) is 6.90. The van der Waals surface area contributed by atoms with E-state index in [2.05, 4.69) is 16.1 Å². The van der Waals surface area contributed by atoms with Crippen LogP contribution in [0.1, 0.15) is 26.3 Å². The molecule has 0 atom stereocenters. The predicted octanol–water partition coefficient (Wildman–Crippen LogP) is 5.62. The van der Waals surface area contributed by atoms with Crippen molar-refractivity contribution in [2.75, 3.05) is 17.7 Å². The summed E-state index contributed by atoms with van der Waals surface area (Å²) in [5, 5.41) is 7.26. The van der Waals surface area contributed by atoms with Crippen LogP contribution in [0.3, 0.4) is 0 Å². The lowest BCUT2D eigenvalue weighted by atomic mass is 10.1. The summed E-state index contributed by atoms with van der Waals surface area (Å²) in [6, 6.07) is 29.1. The lowest BCUT2D eigenvalue weighted by Crippen LogP contribution is -2.46. The van der Waals surface area contributed by atoms with E-state index in [-0.39, 0.29) is 17.7 Å². The fourth-order valence-electron chi connectivity index (χ4n) is 3.94. The van der Waals surface area contributed by atoms with Gasteiger partial charge in [0.15, 0.2) is 0 Å². The van der Waals surface area contributed by atoms with Gasteiger partial charge < -0.3 is 20.1 Å². The molecule has 4 aromatic rings. The first kappa shape index (κ1) is 24.4. The fourth-order valence-corrected chi connectivity index (χ4v) is 3.94. The number of ether oxygens (including phenoxy) is 2. The molecule has 38 heavy (non-hydrogen) atoms. The summed E-state index contributed by atoms with van der Waals surface area (Å²) in [7, 11) is 1.56. The van der Waals surface area contributed by atoms with E-state index < -0.39 is 17.9 Å². The molecule has 190 valence electrons. The number of benzene rings is 4. The lowest BCUT2D eigenvalue weighted by molar-refractivity contribution is 0.0521. The van der Waals surface area contributed by atoms with Crippen LogP contribution in [0.5, 0.6) is 5.75 Å². The molecular weight excluding hydrogens is 484 g/mol. The largest absolute Gasteiger partial charge is 0.497 e. The highest BCUT2D eigenvalue weighted by atomic mass is 16.6. The van der Waals surface area contributed by atoms with Gasteiger partial charge in [-0.15, -0.1) is 0 Å². The van der Waals surface area contributed by atoms with Gasteiger partial charge in [0, 0.05) is 11.4 Å². The van der Waals surface area contributed by atoms with Crippen LogP contribution in [-0.2, 0) is 11.3 Å². The van der Waals surface area contributed by atoms with Crippen molar-refractivity contribution in [1.29, 1.82) is 0 Å². The van der Waals surface area contributed by atoms with E-state index in [1.54, 1.807) is 43.5 Å². The topological polar surface area (TPSA) is 109 Å². The highest BCUT2D eigenvalue weighted by Crippen LogP contribution is 2.35. The van der Waals surface area contributed by atoms with Gasteiger partial charge in [-0.05, 0) is 54.1 Å². The zero-order valence-corrected chi connectivity index (χ0v) is 20.4. The number of carbonyl (C=O) groups excluding carboxylic acids is 3. The molecule has 0 bridgehead atoms. The minimum Gasteiger partial charge on any atom is -0.497 e. The molecule has 3 amide bonds. The molecule has 0 aliphatic carbocycles. The average molecular weight is 509 g/mol. The summed E-state index contributed by atoms with van der Waals surface area (Å²) >= 11 is 0. The number of nitrogens with zero attached hydrogens (tertiary/aromatic N) is 1. The van der Waals surface area contributed by atoms with E-state index in [0.717, 1.165) is 16.9 Å².